The average molecular weight is 616 g/mol. The summed E-state index contributed by atoms with van der Waals surface area (Å²) < 4.78 is 5.70. The molecule has 0 spiro atoms. The van der Waals surface area contributed by atoms with Crippen molar-refractivity contribution in [1.82, 2.24) is 14.7 Å². The van der Waals surface area contributed by atoms with Crippen molar-refractivity contribution in [2.45, 2.75) is 208 Å². The Kier molecular flexibility index (Phi) is 13.6. The summed E-state index contributed by atoms with van der Waals surface area (Å²) >= 11 is 0. The normalized spacial score (nSPS) is 37.9. The van der Waals surface area contributed by atoms with Gasteiger partial charge in [-0.25, -0.2) is 0 Å². The zero-order chi connectivity index (χ0) is 32.3. The summed E-state index contributed by atoms with van der Waals surface area (Å²) in [5.74, 6) is 5.54. The van der Waals surface area contributed by atoms with Crippen molar-refractivity contribution in [1.29, 1.82) is 0 Å². The number of nitrogens with zero attached hydrogens (tertiary/aromatic N) is 3. The lowest BCUT2D eigenvalue weighted by atomic mass is 9.73. The van der Waals surface area contributed by atoms with Crippen LogP contribution in [0, 0.1) is 35.5 Å². The topological polar surface area (TPSA) is 19.0 Å². The quantitative estimate of drug-likeness (QED) is 0.296. The number of rotatable bonds is 6. The Morgan fingerprint density at radius 2 is 0.659 bits per heavy atom. The molecule has 6 aliphatic heterocycles. The van der Waals surface area contributed by atoms with Crippen LogP contribution in [0.2, 0.25) is 0 Å². The van der Waals surface area contributed by atoms with Crippen molar-refractivity contribution in [3.05, 3.63) is 0 Å². The molecule has 6 aliphatic rings. The second-order valence-electron chi connectivity index (χ2n) is 18.0. The van der Waals surface area contributed by atoms with Crippen LogP contribution in [0.25, 0.3) is 0 Å². The molecule has 0 aromatic carbocycles. The van der Waals surface area contributed by atoms with Crippen molar-refractivity contribution in [2.75, 3.05) is 13.2 Å². The van der Waals surface area contributed by atoms with E-state index < -0.39 is 0 Å². The molecule has 6 bridgehead atoms. The van der Waals surface area contributed by atoms with Gasteiger partial charge in [0.2, 0.25) is 0 Å². The van der Waals surface area contributed by atoms with Gasteiger partial charge in [0.05, 0.1) is 13.2 Å². The Balaban J connectivity index is 0.000000151. The van der Waals surface area contributed by atoms with E-state index in [-0.39, 0.29) is 0 Å². The second kappa shape index (κ2) is 16.3. The summed E-state index contributed by atoms with van der Waals surface area (Å²) in [6.07, 6.45) is 15.9. The molecule has 0 radical (unpaired) electrons. The predicted molar refractivity (Wildman–Crippen MR) is 190 cm³/mol. The van der Waals surface area contributed by atoms with Crippen molar-refractivity contribution in [3.63, 3.8) is 0 Å². The number of piperidine rings is 4. The van der Waals surface area contributed by atoms with Crippen molar-refractivity contribution >= 4 is 0 Å². The van der Waals surface area contributed by atoms with Crippen LogP contribution in [-0.2, 0) is 4.74 Å². The molecule has 44 heavy (non-hydrogen) atoms. The first-order valence-corrected chi connectivity index (χ1v) is 19.7. The van der Waals surface area contributed by atoms with Gasteiger partial charge in [-0.05, 0) is 141 Å². The largest absolute Gasteiger partial charge is 0.378 e. The van der Waals surface area contributed by atoms with Crippen LogP contribution in [0.5, 0.6) is 0 Å². The lowest BCUT2D eigenvalue weighted by molar-refractivity contribution is -0.106. The molecule has 6 heterocycles. The lowest BCUT2D eigenvalue weighted by Crippen LogP contribution is -2.59. The Hall–Kier alpha value is -0.160. The molecule has 258 valence electrons. The maximum atomic E-state index is 5.70. The SMILES string of the molecule is CC(C)C1CC2CCC(C1)N2C(C)C.CC(C)C1CC2CCCC(C1)N2C(C)C.CC(C)C1CC2COCC(C1)N2C(C)C. The van der Waals surface area contributed by atoms with Crippen molar-refractivity contribution in [2.24, 2.45) is 35.5 Å². The number of hydrogen-bond acceptors (Lipinski definition) is 4. The number of hydrogen-bond donors (Lipinski definition) is 0. The van der Waals surface area contributed by atoms with Gasteiger partial charge >= 0.3 is 0 Å². The zero-order valence-corrected chi connectivity index (χ0v) is 31.6. The minimum absolute atomic E-state index is 0.678. The molecule has 6 fully saturated rings. The Bertz CT molecular complexity index is 750. The number of ether oxygens (including phenoxy) is 1. The standard InChI is InChI=1S/C14H27N.C13H25NO.C13H25N/c1-10(2)12-8-13-6-5-7-14(9-12)15(13)11(3)4;1-9(2)11-5-12-7-15-8-13(6-11)14(12)10(3)4;1-9(2)11-7-12-5-6-13(8-11)14(12)10(3)4/h10-14H,5-9H2,1-4H3;9-13H,5-8H2,1-4H3;9-13H,5-8H2,1-4H3. The predicted octanol–water partition coefficient (Wildman–Crippen LogP) is 9.51. The molecule has 4 heteroatoms. The zero-order valence-electron chi connectivity index (χ0n) is 31.6. The first kappa shape index (κ1) is 36.7. The van der Waals surface area contributed by atoms with E-state index in [9.17, 15) is 0 Å². The molecule has 6 unspecified atom stereocenters. The van der Waals surface area contributed by atoms with Crippen LogP contribution in [0.3, 0.4) is 0 Å². The monoisotopic (exact) mass is 616 g/mol. The van der Waals surface area contributed by atoms with Gasteiger partial charge in [0.1, 0.15) is 0 Å². The summed E-state index contributed by atoms with van der Waals surface area (Å²) in [5.41, 5.74) is 0. The fraction of sp³-hybridized carbons (Fsp3) is 1.00. The number of fused-ring (bicyclic) bond motifs is 6. The maximum Gasteiger partial charge on any atom is 0.0622 e. The highest BCUT2D eigenvalue weighted by Gasteiger charge is 2.43. The molecule has 6 rings (SSSR count). The van der Waals surface area contributed by atoms with Gasteiger partial charge in [0.25, 0.3) is 0 Å². The molecule has 0 aromatic rings. The smallest absolute Gasteiger partial charge is 0.0622 e. The van der Waals surface area contributed by atoms with Gasteiger partial charge in [-0.1, -0.05) is 48.0 Å². The highest BCUT2D eigenvalue weighted by atomic mass is 16.5. The van der Waals surface area contributed by atoms with E-state index in [1.807, 2.05) is 0 Å². The molecule has 6 atom stereocenters. The van der Waals surface area contributed by atoms with Crippen molar-refractivity contribution in [3.8, 4) is 0 Å². The Morgan fingerprint density at radius 3 is 0.955 bits per heavy atom. The van der Waals surface area contributed by atoms with Crippen LogP contribution in [-0.4, -0.2) is 82.3 Å². The summed E-state index contributed by atoms with van der Waals surface area (Å²) in [6.45, 7) is 30.4. The van der Waals surface area contributed by atoms with Gasteiger partial charge in [0.15, 0.2) is 0 Å². The van der Waals surface area contributed by atoms with Crippen LogP contribution in [0.4, 0.5) is 0 Å². The van der Waals surface area contributed by atoms with Gasteiger partial charge < -0.3 is 4.74 Å². The number of morpholine rings is 1. The van der Waals surface area contributed by atoms with Gasteiger partial charge in [-0.2, -0.15) is 0 Å². The third-order valence-corrected chi connectivity index (χ3v) is 13.1. The Morgan fingerprint density at radius 1 is 0.386 bits per heavy atom. The van der Waals surface area contributed by atoms with E-state index >= 15 is 0 Å². The third kappa shape index (κ3) is 8.84. The molecule has 0 amide bonds. The first-order valence-electron chi connectivity index (χ1n) is 19.7. The van der Waals surface area contributed by atoms with E-state index in [0.29, 0.717) is 18.1 Å². The van der Waals surface area contributed by atoms with E-state index in [1.54, 1.807) is 0 Å². The molecule has 0 saturated carbocycles. The Labute approximate surface area is 275 Å². The van der Waals surface area contributed by atoms with E-state index in [1.165, 1.54) is 70.6 Å². The minimum Gasteiger partial charge on any atom is -0.378 e. The lowest BCUT2D eigenvalue weighted by Gasteiger charge is -2.52. The summed E-state index contributed by atoms with van der Waals surface area (Å²) in [6, 6.07) is 7.22. The van der Waals surface area contributed by atoms with Crippen molar-refractivity contribution < 1.29 is 4.74 Å². The summed E-state index contributed by atoms with van der Waals surface area (Å²) in [5, 5.41) is 0. The highest BCUT2D eigenvalue weighted by Crippen LogP contribution is 2.43. The molecule has 6 saturated heterocycles. The highest BCUT2D eigenvalue weighted by molar-refractivity contribution is 4.97. The van der Waals surface area contributed by atoms with Gasteiger partial charge in [0, 0.05) is 54.4 Å². The second-order valence-corrected chi connectivity index (χ2v) is 18.0. The average Bonchev–Trinajstić information content (AvgIpc) is 3.21. The molecule has 4 nitrogen and oxygen atoms in total. The maximum absolute atomic E-state index is 5.70. The summed E-state index contributed by atoms with van der Waals surface area (Å²) in [4.78, 5) is 8.31. The fourth-order valence-corrected chi connectivity index (χ4v) is 10.9. The van der Waals surface area contributed by atoms with Crippen LogP contribution in [0.1, 0.15) is 154 Å². The van der Waals surface area contributed by atoms with Crippen LogP contribution >= 0.6 is 0 Å². The van der Waals surface area contributed by atoms with Crippen LogP contribution < -0.4 is 0 Å². The molecule has 0 aliphatic carbocycles. The van der Waals surface area contributed by atoms with E-state index in [4.69, 9.17) is 4.74 Å². The molecule has 0 N–H and O–H groups in total. The third-order valence-electron chi connectivity index (χ3n) is 13.1. The van der Waals surface area contributed by atoms with Crippen LogP contribution in [0.15, 0.2) is 0 Å². The molecule has 0 aromatic heterocycles. The van der Waals surface area contributed by atoms with Gasteiger partial charge in [-0.15, -0.1) is 0 Å². The van der Waals surface area contributed by atoms with E-state index in [2.05, 4.69) is 97.8 Å². The van der Waals surface area contributed by atoms with Gasteiger partial charge in [-0.3, -0.25) is 14.7 Å². The molecular weight excluding hydrogens is 538 g/mol. The first-order chi connectivity index (χ1) is 20.8. The summed E-state index contributed by atoms with van der Waals surface area (Å²) in [7, 11) is 0. The fourth-order valence-electron chi connectivity index (χ4n) is 10.9. The molecular formula is C40H77N3O. The minimum atomic E-state index is 0.678. The van der Waals surface area contributed by atoms with E-state index in [0.717, 1.165) is 85.0 Å².